The van der Waals surface area contributed by atoms with Gasteiger partial charge in [0.1, 0.15) is 5.75 Å². The van der Waals surface area contributed by atoms with E-state index >= 15 is 0 Å². The van der Waals surface area contributed by atoms with E-state index in [2.05, 4.69) is 20.9 Å². The summed E-state index contributed by atoms with van der Waals surface area (Å²) in [6.07, 6.45) is 1.70. The lowest BCUT2D eigenvalue weighted by Gasteiger charge is -2.11. The molecule has 1 aliphatic rings. The quantitative estimate of drug-likeness (QED) is 0.751. The molecule has 1 fully saturated rings. The zero-order valence-electron chi connectivity index (χ0n) is 12.9. The number of carbonyl (C=O) groups excluding carboxylic acids is 1. The Balaban J connectivity index is 1.97. The third-order valence-corrected chi connectivity index (χ3v) is 4.96. The Morgan fingerprint density at radius 3 is 2.71 bits per heavy atom. The van der Waals surface area contributed by atoms with Crippen molar-refractivity contribution in [2.45, 2.75) is 6.92 Å². The molecule has 24 heavy (non-hydrogen) atoms. The number of benzene rings is 2. The lowest BCUT2D eigenvalue weighted by molar-refractivity contribution is -0.122. The zero-order valence-corrected chi connectivity index (χ0v) is 15.3. The molecule has 3 rings (SSSR count). The van der Waals surface area contributed by atoms with E-state index in [-0.39, 0.29) is 11.7 Å². The maximum atomic E-state index is 12.6. The van der Waals surface area contributed by atoms with E-state index in [4.69, 9.17) is 0 Å². The van der Waals surface area contributed by atoms with Crippen molar-refractivity contribution in [1.29, 1.82) is 0 Å². The van der Waals surface area contributed by atoms with Gasteiger partial charge in [-0.15, -0.1) is 0 Å². The predicted molar refractivity (Wildman–Crippen MR) is 102 cm³/mol. The lowest BCUT2D eigenvalue weighted by atomic mass is 10.2. The number of aromatic hydroxyl groups is 1. The fourth-order valence-corrected chi connectivity index (χ4v) is 3.70. The van der Waals surface area contributed by atoms with Crippen LogP contribution in [0.4, 0.5) is 5.69 Å². The van der Waals surface area contributed by atoms with Gasteiger partial charge in [0.15, 0.2) is 5.17 Å². The molecule has 6 heteroatoms. The molecule has 0 saturated carbocycles. The number of amidine groups is 1. The zero-order chi connectivity index (χ0) is 17.1. The first-order valence-corrected chi connectivity index (χ1v) is 9.03. The van der Waals surface area contributed by atoms with Gasteiger partial charge in [-0.1, -0.05) is 34.1 Å². The number of likely N-dealkylation sites (N-methyl/N-ethyl adjacent to an activating group) is 1. The highest BCUT2D eigenvalue weighted by Gasteiger charge is 2.32. The summed E-state index contributed by atoms with van der Waals surface area (Å²) in [5, 5.41) is 10.6. The second-order valence-electron chi connectivity index (χ2n) is 5.09. The molecule has 1 aliphatic heterocycles. The molecule has 1 N–H and O–H groups in total. The fourth-order valence-electron chi connectivity index (χ4n) is 2.27. The van der Waals surface area contributed by atoms with E-state index in [1.807, 2.05) is 37.3 Å². The van der Waals surface area contributed by atoms with Crippen molar-refractivity contribution < 1.29 is 9.90 Å². The van der Waals surface area contributed by atoms with Crippen molar-refractivity contribution in [3.05, 3.63) is 63.5 Å². The molecule has 2 aromatic rings. The van der Waals surface area contributed by atoms with Gasteiger partial charge in [0.05, 0.1) is 10.6 Å². The highest BCUT2D eigenvalue weighted by molar-refractivity contribution is 9.10. The van der Waals surface area contributed by atoms with E-state index in [1.54, 1.807) is 29.2 Å². The van der Waals surface area contributed by atoms with Crippen molar-refractivity contribution in [2.24, 2.45) is 4.99 Å². The van der Waals surface area contributed by atoms with Crippen molar-refractivity contribution in [3.8, 4) is 5.75 Å². The number of nitrogens with zero attached hydrogens (tertiary/aromatic N) is 2. The number of aliphatic imine (C=N–C) groups is 1. The molecule has 0 unspecified atom stereocenters. The molecule has 122 valence electrons. The number of hydrogen-bond donors (Lipinski definition) is 1. The number of hydrogen-bond acceptors (Lipinski definition) is 4. The Hall–Kier alpha value is -2.05. The van der Waals surface area contributed by atoms with E-state index in [0.29, 0.717) is 22.2 Å². The molecule has 1 saturated heterocycles. The van der Waals surface area contributed by atoms with E-state index in [0.717, 1.165) is 10.2 Å². The van der Waals surface area contributed by atoms with Gasteiger partial charge < -0.3 is 5.11 Å². The van der Waals surface area contributed by atoms with Crippen molar-refractivity contribution in [3.63, 3.8) is 0 Å². The molecule has 4 nitrogen and oxygen atoms in total. The van der Waals surface area contributed by atoms with E-state index < -0.39 is 0 Å². The Kier molecular flexibility index (Phi) is 5.06. The molecule has 0 bridgehead atoms. The van der Waals surface area contributed by atoms with Gasteiger partial charge in [-0.3, -0.25) is 9.69 Å². The van der Waals surface area contributed by atoms with Gasteiger partial charge in [0, 0.05) is 16.6 Å². The van der Waals surface area contributed by atoms with Crippen LogP contribution in [0.1, 0.15) is 12.5 Å². The normalized spacial score (nSPS) is 17.9. The highest BCUT2D eigenvalue weighted by Crippen LogP contribution is 2.35. The number of amides is 1. The molecular weight excluding hydrogens is 388 g/mol. The van der Waals surface area contributed by atoms with Crippen LogP contribution in [0.5, 0.6) is 5.75 Å². The Morgan fingerprint density at radius 1 is 1.25 bits per heavy atom. The monoisotopic (exact) mass is 402 g/mol. The van der Waals surface area contributed by atoms with Crippen molar-refractivity contribution in [2.75, 3.05) is 6.54 Å². The first-order chi connectivity index (χ1) is 11.6. The summed E-state index contributed by atoms with van der Waals surface area (Å²) in [5.74, 6) is 0.0344. The summed E-state index contributed by atoms with van der Waals surface area (Å²) in [6.45, 7) is 2.46. The molecule has 0 radical (unpaired) electrons. The van der Waals surface area contributed by atoms with Gasteiger partial charge in [-0.05, 0) is 55.1 Å². The average molecular weight is 403 g/mol. The Labute approximate surface area is 153 Å². The third-order valence-electron chi connectivity index (χ3n) is 3.46. The minimum Gasteiger partial charge on any atom is -0.507 e. The number of phenols is 1. The van der Waals surface area contributed by atoms with Crippen LogP contribution in [0.2, 0.25) is 0 Å². The van der Waals surface area contributed by atoms with Crippen LogP contribution in [0.25, 0.3) is 6.08 Å². The number of para-hydroxylation sites is 1. The van der Waals surface area contributed by atoms with Gasteiger partial charge in [0.25, 0.3) is 5.91 Å². The second kappa shape index (κ2) is 7.23. The van der Waals surface area contributed by atoms with E-state index in [9.17, 15) is 9.90 Å². The summed E-state index contributed by atoms with van der Waals surface area (Å²) in [7, 11) is 0. The Morgan fingerprint density at radius 2 is 2.00 bits per heavy atom. The van der Waals surface area contributed by atoms with Crippen LogP contribution >= 0.6 is 27.7 Å². The fraction of sp³-hybridized carbons (Fsp3) is 0.111. The van der Waals surface area contributed by atoms with Crippen LogP contribution in [0.15, 0.2) is 62.9 Å². The predicted octanol–water partition coefficient (Wildman–Crippen LogP) is 4.78. The number of carbonyl (C=O) groups is 1. The molecule has 0 aromatic heterocycles. The van der Waals surface area contributed by atoms with Crippen molar-refractivity contribution in [1.82, 2.24) is 4.90 Å². The van der Waals surface area contributed by atoms with Crippen LogP contribution in [0.3, 0.4) is 0 Å². The summed E-state index contributed by atoms with van der Waals surface area (Å²) < 4.78 is 0.841. The summed E-state index contributed by atoms with van der Waals surface area (Å²) >= 11 is 4.69. The van der Waals surface area contributed by atoms with E-state index in [1.165, 1.54) is 11.8 Å². The number of thioether (sulfide) groups is 1. The topological polar surface area (TPSA) is 52.9 Å². The minimum absolute atomic E-state index is 0.100. The maximum absolute atomic E-state index is 12.6. The van der Waals surface area contributed by atoms with Crippen LogP contribution in [0, 0.1) is 0 Å². The van der Waals surface area contributed by atoms with Crippen molar-refractivity contribution >= 4 is 50.5 Å². The van der Waals surface area contributed by atoms with Crippen LogP contribution < -0.4 is 0 Å². The second-order valence-corrected chi connectivity index (χ2v) is 7.02. The van der Waals surface area contributed by atoms with Crippen LogP contribution in [-0.2, 0) is 4.79 Å². The largest absolute Gasteiger partial charge is 0.507 e. The van der Waals surface area contributed by atoms with Gasteiger partial charge in [-0.25, -0.2) is 4.99 Å². The summed E-state index contributed by atoms with van der Waals surface area (Å²) in [4.78, 5) is 19.3. The standard InChI is InChI=1S/C18H15BrN2O2S/c1-2-21-17(23)16(11-12-10-13(19)8-9-15(12)22)24-18(21)20-14-6-4-3-5-7-14/h3-11,22H,2H2,1H3/b16-11+,20-18?. The molecule has 0 atom stereocenters. The molecular formula is C18H15BrN2O2S. The van der Waals surface area contributed by atoms with Gasteiger partial charge in [0.2, 0.25) is 0 Å². The third kappa shape index (κ3) is 3.55. The summed E-state index contributed by atoms with van der Waals surface area (Å²) in [6, 6.07) is 14.7. The number of phenolic OH excluding ortho intramolecular Hbond substituents is 1. The minimum atomic E-state index is -0.100. The molecule has 0 spiro atoms. The smallest absolute Gasteiger partial charge is 0.266 e. The SMILES string of the molecule is CCN1C(=O)/C(=C\c2cc(Br)ccc2O)SC1=Nc1ccccc1. The molecule has 2 aromatic carbocycles. The van der Waals surface area contributed by atoms with Crippen LogP contribution in [-0.4, -0.2) is 27.6 Å². The molecule has 0 aliphatic carbocycles. The molecule has 1 heterocycles. The lowest BCUT2D eigenvalue weighted by Crippen LogP contribution is -2.28. The number of halogens is 1. The average Bonchev–Trinajstić information content (AvgIpc) is 2.87. The molecule has 1 amide bonds. The van der Waals surface area contributed by atoms with Gasteiger partial charge >= 0.3 is 0 Å². The first kappa shape index (κ1) is 16.8. The highest BCUT2D eigenvalue weighted by atomic mass is 79.9. The number of rotatable bonds is 3. The maximum Gasteiger partial charge on any atom is 0.266 e. The summed E-state index contributed by atoms with van der Waals surface area (Å²) in [5.41, 5.74) is 1.40. The Bertz CT molecular complexity index is 834. The first-order valence-electron chi connectivity index (χ1n) is 7.42. The van der Waals surface area contributed by atoms with Gasteiger partial charge in [-0.2, -0.15) is 0 Å².